The Morgan fingerprint density at radius 3 is 2.26 bits per heavy atom. The van der Waals surface area contributed by atoms with Crippen molar-refractivity contribution in [2.75, 3.05) is 11.9 Å². The number of hydrogen-bond donors (Lipinski definition) is 0. The van der Waals surface area contributed by atoms with Crippen molar-refractivity contribution in [2.24, 2.45) is 0 Å². The van der Waals surface area contributed by atoms with E-state index in [1.807, 2.05) is 44.2 Å². The zero-order chi connectivity index (χ0) is 19.6. The Bertz CT molecular complexity index is 1000. The van der Waals surface area contributed by atoms with Crippen LogP contribution in [0.25, 0.3) is 11.0 Å². The van der Waals surface area contributed by atoms with Crippen LogP contribution in [-0.4, -0.2) is 35.0 Å². The van der Waals surface area contributed by atoms with Crippen molar-refractivity contribution in [1.29, 1.82) is 0 Å². The molecule has 0 saturated carbocycles. The third kappa shape index (κ3) is 3.95. The van der Waals surface area contributed by atoms with Gasteiger partial charge in [0.15, 0.2) is 6.10 Å². The van der Waals surface area contributed by atoms with Gasteiger partial charge in [-0.2, -0.15) is 0 Å². The van der Waals surface area contributed by atoms with Crippen molar-refractivity contribution in [2.45, 2.75) is 26.9 Å². The molecule has 1 amide bonds. The number of hydrogen-bond acceptors (Lipinski definition) is 5. The summed E-state index contributed by atoms with van der Waals surface area (Å²) >= 11 is 0. The van der Waals surface area contributed by atoms with Gasteiger partial charge in [-0.3, -0.25) is 4.79 Å². The zero-order valence-corrected chi connectivity index (χ0v) is 15.8. The summed E-state index contributed by atoms with van der Waals surface area (Å²) in [5.74, 6) is -0.874. The molecule has 0 N–H and O–H groups in total. The van der Waals surface area contributed by atoms with E-state index in [4.69, 9.17) is 4.74 Å². The fraction of sp³-hybridized carbons (Fsp3) is 0.238. The maximum Gasteiger partial charge on any atom is 0.338 e. The summed E-state index contributed by atoms with van der Waals surface area (Å²) in [4.78, 5) is 35.4. The number of para-hydroxylation sites is 1. The van der Waals surface area contributed by atoms with E-state index in [1.165, 1.54) is 4.90 Å². The highest BCUT2D eigenvalue weighted by molar-refractivity contribution is 5.99. The van der Waals surface area contributed by atoms with Gasteiger partial charge in [0.25, 0.3) is 5.91 Å². The SMILES string of the molecule is Cc1nc2ccc(C(=O)OC(C)C(=O)N(C)c3ccccc3)cc2nc1C. The van der Waals surface area contributed by atoms with E-state index in [0.717, 1.165) is 17.1 Å². The van der Waals surface area contributed by atoms with Crippen molar-refractivity contribution in [3.63, 3.8) is 0 Å². The number of carbonyl (C=O) groups is 2. The molecule has 0 aliphatic rings. The molecule has 1 heterocycles. The number of ether oxygens (including phenoxy) is 1. The zero-order valence-electron chi connectivity index (χ0n) is 15.8. The second kappa shape index (κ2) is 7.53. The smallest absolute Gasteiger partial charge is 0.338 e. The third-order valence-electron chi connectivity index (χ3n) is 4.42. The Kier molecular flexibility index (Phi) is 5.16. The van der Waals surface area contributed by atoms with Gasteiger partial charge < -0.3 is 9.64 Å². The number of anilines is 1. The van der Waals surface area contributed by atoms with E-state index in [1.54, 1.807) is 32.2 Å². The number of rotatable bonds is 4. The minimum atomic E-state index is -0.913. The average Bonchev–Trinajstić information content (AvgIpc) is 2.68. The first kappa shape index (κ1) is 18.5. The van der Waals surface area contributed by atoms with Crippen molar-refractivity contribution < 1.29 is 14.3 Å². The first-order valence-electron chi connectivity index (χ1n) is 8.65. The molecule has 3 aromatic rings. The van der Waals surface area contributed by atoms with Gasteiger partial charge in [0.05, 0.1) is 28.0 Å². The minimum Gasteiger partial charge on any atom is -0.449 e. The molecule has 6 nitrogen and oxygen atoms in total. The molecule has 0 bridgehead atoms. The molecule has 0 saturated heterocycles. The highest BCUT2D eigenvalue weighted by Gasteiger charge is 2.23. The molecule has 0 aliphatic carbocycles. The highest BCUT2D eigenvalue weighted by atomic mass is 16.5. The van der Waals surface area contributed by atoms with Gasteiger partial charge in [0.1, 0.15) is 0 Å². The maximum absolute atomic E-state index is 12.5. The highest BCUT2D eigenvalue weighted by Crippen LogP contribution is 2.17. The fourth-order valence-electron chi connectivity index (χ4n) is 2.69. The van der Waals surface area contributed by atoms with E-state index in [2.05, 4.69) is 9.97 Å². The van der Waals surface area contributed by atoms with Crippen LogP contribution < -0.4 is 4.90 Å². The second-order valence-corrected chi connectivity index (χ2v) is 6.38. The van der Waals surface area contributed by atoms with Gasteiger partial charge in [0.2, 0.25) is 0 Å². The summed E-state index contributed by atoms with van der Waals surface area (Å²) in [5, 5.41) is 0. The largest absolute Gasteiger partial charge is 0.449 e. The predicted octanol–water partition coefficient (Wildman–Crippen LogP) is 3.45. The molecule has 0 aliphatic heterocycles. The first-order valence-corrected chi connectivity index (χ1v) is 8.65. The Hall–Kier alpha value is -3.28. The van der Waals surface area contributed by atoms with Crippen LogP contribution in [0.2, 0.25) is 0 Å². The number of fused-ring (bicyclic) bond motifs is 1. The summed E-state index contributed by atoms with van der Waals surface area (Å²) in [6.45, 7) is 5.32. The van der Waals surface area contributed by atoms with Crippen molar-refractivity contribution >= 4 is 28.6 Å². The molecule has 0 fully saturated rings. The van der Waals surface area contributed by atoms with Gasteiger partial charge in [0, 0.05) is 12.7 Å². The molecule has 1 aromatic heterocycles. The molecule has 1 unspecified atom stereocenters. The van der Waals surface area contributed by atoms with Gasteiger partial charge in [-0.25, -0.2) is 14.8 Å². The van der Waals surface area contributed by atoms with E-state index in [0.29, 0.717) is 16.6 Å². The Morgan fingerprint density at radius 2 is 1.59 bits per heavy atom. The first-order chi connectivity index (χ1) is 12.9. The van der Waals surface area contributed by atoms with Gasteiger partial charge in [-0.05, 0) is 51.1 Å². The lowest BCUT2D eigenvalue weighted by Gasteiger charge is -2.21. The molecular formula is C21H21N3O3. The van der Waals surface area contributed by atoms with Crippen LogP contribution in [-0.2, 0) is 9.53 Å². The molecule has 2 aromatic carbocycles. The normalized spacial score (nSPS) is 11.9. The molecule has 3 rings (SSSR count). The third-order valence-corrected chi connectivity index (χ3v) is 4.42. The van der Waals surface area contributed by atoms with Gasteiger partial charge >= 0.3 is 5.97 Å². The number of amides is 1. The lowest BCUT2D eigenvalue weighted by Crippen LogP contribution is -2.37. The van der Waals surface area contributed by atoms with Gasteiger partial charge in [-0.1, -0.05) is 18.2 Å². The van der Waals surface area contributed by atoms with Crippen LogP contribution in [0, 0.1) is 13.8 Å². The minimum absolute atomic E-state index is 0.304. The number of likely N-dealkylation sites (N-methyl/N-ethyl adjacent to an activating group) is 1. The van der Waals surface area contributed by atoms with Crippen LogP contribution in [0.1, 0.15) is 28.7 Å². The molecule has 0 spiro atoms. The number of aromatic nitrogens is 2. The molecular weight excluding hydrogens is 342 g/mol. The summed E-state index contributed by atoms with van der Waals surface area (Å²) in [7, 11) is 1.65. The van der Waals surface area contributed by atoms with Crippen LogP contribution in [0.3, 0.4) is 0 Å². The maximum atomic E-state index is 12.5. The van der Waals surface area contributed by atoms with Gasteiger partial charge in [-0.15, -0.1) is 0 Å². The number of benzene rings is 2. The second-order valence-electron chi connectivity index (χ2n) is 6.38. The summed E-state index contributed by atoms with van der Waals surface area (Å²) in [5.41, 5.74) is 4.05. The van der Waals surface area contributed by atoms with E-state index < -0.39 is 12.1 Å². The average molecular weight is 363 g/mol. The Balaban J connectivity index is 1.75. The van der Waals surface area contributed by atoms with Crippen molar-refractivity contribution in [3.05, 3.63) is 65.5 Å². The van der Waals surface area contributed by atoms with Crippen LogP contribution >= 0.6 is 0 Å². The van der Waals surface area contributed by atoms with Crippen LogP contribution in [0.15, 0.2) is 48.5 Å². The summed E-state index contributed by atoms with van der Waals surface area (Å²) in [6.07, 6.45) is -0.913. The Morgan fingerprint density at radius 1 is 0.963 bits per heavy atom. The van der Waals surface area contributed by atoms with E-state index in [9.17, 15) is 9.59 Å². The number of esters is 1. The quantitative estimate of drug-likeness (QED) is 0.664. The lowest BCUT2D eigenvalue weighted by molar-refractivity contribution is -0.126. The van der Waals surface area contributed by atoms with Crippen molar-refractivity contribution in [3.8, 4) is 0 Å². The monoisotopic (exact) mass is 363 g/mol. The predicted molar refractivity (Wildman–Crippen MR) is 104 cm³/mol. The van der Waals surface area contributed by atoms with E-state index in [-0.39, 0.29) is 5.91 Å². The van der Waals surface area contributed by atoms with Crippen LogP contribution in [0.4, 0.5) is 5.69 Å². The number of carbonyl (C=O) groups excluding carboxylic acids is 2. The molecule has 1 atom stereocenters. The topological polar surface area (TPSA) is 72.4 Å². The standard InChI is InChI=1S/C21H21N3O3/c1-13-14(2)23-19-12-16(10-11-18(19)22-13)21(26)27-15(3)20(25)24(4)17-8-6-5-7-9-17/h5-12,15H,1-4H3. The summed E-state index contributed by atoms with van der Waals surface area (Å²) in [6, 6.07) is 14.2. The fourth-order valence-corrected chi connectivity index (χ4v) is 2.69. The molecule has 27 heavy (non-hydrogen) atoms. The van der Waals surface area contributed by atoms with E-state index >= 15 is 0 Å². The molecule has 138 valence electrons. The number of nitrogens with zero attached hydrogens (tertiary/aromatic N) is 3. The Labute approximate surface area is 157 Å². The molecule has 6 heteroatoms. The summed E-state index contributed by atoms with van der Waals surface area (Å²) < 4.78 is 5.37. The van der Waals surface area contributed by atoms with Crippen molar-refractivity contribution in [1.82, 2.24) is 9.97 Å². The number of aryl methyl sites for hydroxylation is 2. The van der Waals surface area contributed by atoms with Crippen LogP contribution in [0.5, 0.6) is 0 Å². The lowest BCUT2D eigenvalue weighted by atomic mass is 10.2. The molecule has 0 radical (unpaired) electrons.